The molecule has 3 heteroatoms. The summed E-state index contributed by atoms with van der Waals surface area (Å²) in [6.45, 7) is 2.58. The molecule has 2 rings (SSSR count). The molecule has 1 heterocycles. The van der Waals surface area contributed by atoms with Gasteiger partial charge in [0.25, 0.3) is 0 Å². The largest absolute Gasteiger partial charge is 0.342 e. The third kappa shape index (κ3) is 4.35. The van der Waals surface area contributed by atoms with Gasteiger partial charge in [-0.05, 0) is 43.7 Å². The van der Waals surface area contributed by atoms with Crippen LogP contribution in [0.3, 0.4) is 0 Å². The van der Waals surface area contributed by atoms with Crippen molar-refractivity contribution < 1.29 is 4.79 Å². The van der Waals surface area contributed by atoms with E-state index in [1.165, 1.54) is 5.56 Å². The summed E-state index contributed by atoms with van der Waals surface area (Å²) in [5.41, 5.74) is 6.89. The first kappa shape index (κ1) is 14.1. The van der Waals surface area contributed by atoms with Gasteiger partial charge in [-0.15, -0.1) is 0 Å². The second-order valence-corrected chi connectivity index (χ2v) is 5.41. The van der Waals surface area contributed by atoms with Gasteiger partial charge in [-0.3, -0.25) is 4.79 Å². The maximum atomic E-state index is 12.1. The number of hydrogen-bond acceptors (Lipinski definition) is 2. The molecule has 1 saturated heterocycles. The van der Waals surface area contributed by atoms with Gasteiger partial charge >= 0.3 is 0 Å². The molecule has 0 radical (unpaired) electrons. The fraction of sp³-hybridized carbons (Fsp3) is 0.562. The molecule has 19 heavy (non-hydrogen) atoms. The molecule has 0 spiro atoms. The van der Waals surface area contributed by atoms with E-state index in [9.17, 15) is 4.79 Å². The van der Waals surface area contributed by atoms with E-state index in [4.69, 9.17) is 5.73 Å². The number of likely N-dealkylation sites (tertiary alicyclic amines) is 1. The van der Waals surface area contributed by atoms with Crippen LogP contribution in [0.1, 0.15) is 31.2 Å². The van der Waals surface area contributed by atoms with Crippen LogP contribution in [0.15, 0.2) is 30.3 Å². The van der Waals surface area contributed by atoms with Crippen LogP contribution >= 0.6 is 0 Å². The van der Waals surface area contributed by atoms with Gasteiger partial charge in [0, 0.05) is 19.5 Å². The molecular weight excluding hydrogens is 236 g/mol. The molecule has 1 fully saturated rings. The van der Waals surface area contributed by atoms with Crippen molar-refractivity contribution in [2.45, 2.75) is 32.1 Å². The zero-order chi connectivity index (χ0) is 13.5. The Kier molecular flexibility index (Phi) is 5.40. The molecule has 1 aromatic rings. The van der Waals surface area contributed by atoms with E-state index < -0.39 is 0 Å². The maximum absolute atomic E-state index is 12.1. The molecule has 1 unspecified atom stereocenters. The monoisotopic (exact) mass is 260 g/mol. The summed E-state index contributed by atoms with van der Waals surface area (Å²) < 4.78 is 0. The van der Waals surface area contributed by atoms with E-state index in [0.29, 0.717) is 18.2 Å². The average Bonchev–Trinajstić information content (AvgIpc) is 2.89. The zero-order valence-electron chi connectivity index (χ0n) is 11.6. The van der Waals surface area contributed by atoms with E-state index in [0.717, 1.165) is 45.3 Å². The number of rotatable bonds is 6. The Balaban J connectivity index is 1.68. The Morgan fingerprint density at radius 3 is 2.84 bits per heavy atom. The lowest BCUT2D eigenvalue weighted by atomic mass is 10.1. The number of carbonyl (C=O) groups is 1. The van der Waals surface area contributed by atoms with Gasteiger partial charge in [-0.2, -0.15) is 0 Å². The average molecular weight is 260 g/mol. The number of nitrogens with two attached hydrogens (primary N) is 1. The highest BCUT2D eigenvalue weighted by molar-refractivity contribution is 5.76. The minimum Gasteiger partial charge on any atom is -0.342 e. The first-order chi connectivity index (χ1) is 9.29. The van der Waals surface area contributed by atoms with Crippen molar-refractivity contribution in [3.63, 3.8) is 0 Å². The molecular formula is C16H24N2O. The maximum Gasteiger partial charge on any atom is 0.222 e. The topological polar surface area (TPSA) is 46.3 Å². The summed E-state index contributed by atoms with van der Waals surface area (Å²) in [7, 11) is 0. The third-order valence-electron chi connectivity index (χ3n) is 3.91. The quantitative estimate of drug-likeness (QED) is 0.852. The molecule has 0 saturated carbocycles. The van der Waals surface area contributed by atoms with Crippen LogP contribution in [0.4, 0.5) is 0 Å². The molecule has 0 aromatic heterocycles. The van der Waals surface area contributed by atoms with Crippen molar-refractivity contribution in [3.05, 3.63) is 35.9 Å². The molecule has 1 atom stereocenters. The van der Waals surface area contributed by atoms with Gasteiger partial charge in [-0.25, -0.2) is 0 Å². The Labute approximate surface area is 115 Å². The van der Waals surface area contributed by atoms with Crippen LogP contribution in [0.25, 0.3) is 0 Å². The van der Waals surface area contributed by atoms with Gasteiger partial charge in [0.2, 0.25) is 5.91 Å². The van der Waals surface area contributed by atoms with Crippen LogP contribution in [0.5, 0.6) is 0 Å². The number of hydrogen-bond donors (Lipinski definition) is 1. The van der Waals surface area contributed by atoms with Crippen LogP contribution < -0.4 is 5.73 Å². The molecule has 0 bridgehead atoms. The highest BCUT2D eigenvalue weighted by Gasteiger charge is 2.24. The van der Waals surface area contributed by atoms with Crippen molar-refractivity contribution in [2.24, 2.45) is 11.7 Å². The van der Waals surface area contributed by atoms with Crippen LogP contribution in [-0.2, 0) is 11.2 Å². The molecule has 1 aromatic carbocycles. The number of carbonyl (C=O) groups excluding carboxylic acids is 1. The lowest BCUT2D eigenvalue weighted by Gasteiger charge is -2.16. The zero-order valence-corrected chi connectivity index (χ0v) is 11.6. The van der Waals surface area contributed by atoms with E-state index in [1.54, 1.807) is 0 Å². The van der Waals surface area contributed by atoms with E-state index in [-0.39, 0.29) is 0 Å². The minimum absolute atomic E-state index is 0.315. The fourth-order valence-electron chi connectivity index (χ4n) is 2.78. The Hall–Kier alpha value is -1.35. The SMILES string of the molecule is NCCC1CCN(C(=O)CCCc2ccccc2)C1. The van der Waals surface area contributed by atoms with Crippen LogP contribution in [0.2, 0.25) is 0 Å². The molecule has 0 aliphatic carbocycles. The summed E-state index contributed by atoms with van der Waals surface area (Å²) in [6, 6.07) is 10.4. The number of amides is 1. The summed E-state index contributed by atoms with van der Waals surface area (Å²) >= 11 is 0. The summed E-state index contributed by atoms with van der Waals surface area (Å²) in [4.78, 5) is 14.1. The summed E-state index contributed by atoms with van der Waals surface area (Å²) in [5.74, 6) is 0.943. The van der Waals surface area contributed by atoms with Crippen molar-refractivity contribution in [1.82, 2.24) is 4.90 Å². The van der Waals surface area contributed by atoms with E-state index in [2.05, 4.69) is 24.3 Å². The predicted molar refractivity (Wildman–Crippen MR) is 77.7 cm³/mol. The fourth-order valence-corrected chi connectivity index (χ4v) is 2.78. The number of nitrogens with zero attached hydrogens (tertiary/aromatic N) is 1. The van der Waals surface area contributed by atoms with Gasteiger partial charge in [-0.1, -0.05) is 30.3 Å². The van der Waals surface area contributed by atoms with Gasteiger partial charge in [0.1, 0.15) is 0 Å². The molecule has 1 aliphatic heterocycles. The molecule has 104 valence electrons. The molecule has 1 amide bonds. The van der Waals surface area contributed by atoms with Crippen molar-refractivity contribution in [3.8, 4) is 0 Å². The summed E-state index contributed by atoms with van der Waals surface area (Å²) in [5, 5.41) is 0. The lowest BCUT2D eigenvalue weighted by molar-refractivity contribution is -0.130. The van der Waals surface area contributed by atoms with Crippen molar-refractivity contribution >= 4 is 5.91 Å². The standard InChI is InChI=1S/C16H24N2O/c17-11-9-15-10-12-18(13-15)16(19)8-4-7-14-5-2-1-3-6-14/h1-3,5-6,15H,4,7-13,17H2. The van der Waals surface area contributed by atoms with Gasteiger partial charge in [0.15, 0.2) is 0 Å². The van der Waals surface area contributed by atoms with Crippen molar-refractivity contribution in [2.75, 3.05) is 19.6 Å². The highest BCUT2D eigenvalue weighted by Crippen LogP contribution is 2.20. The highest BCUT2D eigenvalue weighted by atomic mass is 16.2. The van der Waals surface area contributed by atoms with Gasteiger partial charge in [0.05, 0.1) is 0 Å². The Morgan fingerprint density at radius 2 is 2.11 bits per heavy atom. The van der Waals surface area contributed by atoms with Crippen molar-refractivity contribution in [1.29, 1.82) is 0 Å². The molecule has 2 N–H and O–H groups in total. The van der Waals surface area contributed by atoms with Crippen LogP contribution in [-0.4, -0.2) is 30.4 Å². The smallest absolute Gasteiger partial charge is 0.222 e. The first-order valence-electron chi connectivity index (χ1n) is 7.31. The minimum atomic E-state index is 0.315. The molecule has 3 nitrogen and oxygen atoms in total. The normalized spacial score (nSPS) is 18.8. The van der Waals surface area contributed by atoms with E-state index in [1.807, 2.05) is 11.0 Å². The second-order valence-electron chi connectivity index (χ2n) is 5.41. The van der Waals surface area contributed by atoms with Gasteiger partial charge < -0.3 is 10.6 Å². The third-order valence-corrected chi connectivity index (χ3v) is 3.91. The number of aryl methyl sites for hydroxylation is 1. The second kappa shape index (κ2) is 7.29. The first-order valence-corrected chi connectivity index (χ1v) is 7.31. The summed E-state index contributed by atoms with van der Waals surface area (Å²) in [6.07, 6.45) is 4.78. The van der Waals surface area contributed by atoms with Crippen LogP contribution in [0, 0.1) is 5.92 Å². The lowest BCUT2D eigenvalue weighted by Crippen LogP contribution is -2.28. The van der Waals surface area contributed by atoms with E-state index >= 15 is 0 Å². The molecule has 1 aliphatic rings. The number of benzene rings is 1. The Bertz CT molecular complexity index is 391. The predicted octanol–water partition coefficient (Wildman–Crippen LogP) is 2.21. The Morgan fingerprint density at radius 1 is 1.32 bits per heavy atom.